The van der Waals surface area contributed by atoms with Crippen LogP contribution in [0.4, 0.5) is 0 Å². The molecule has 0 fully saturated rings. The van der Waals surface area contributed by atoms with Crippen LogP contribution in [-0.2, 0) is 25.3 Å². The summed E-state index contributed by atoms with van der Waals surface area (Å²) in [5, 5.41) is 0. The van der Waals surface area contributed by atoms with E-state index in [0.717, 1.165) is 11.5 Å². The van der Waals surface area contributed by atoms with Gasteiger partial charge in [0, 0.05) is 0 Å². The van der Waals surface area contributed by atoms with Gasteiger partial charge in [-0.15, -0.1) is 0 Å². The molecule has 0 amide bonds. The monoisotopic (exact) mass is 168 g/mol. The van der Waals surface area contributed by atoms with E-state index in [1.807, 2.05) is 13.8 Å². The van der Waals surface area contributed by atoms with Crippen LogP contribution in [0.25, 0.3) is 0 Å². The van der Waals surface area contributed by atoms with Gasteiger partial charge in [-0.1, -0.05) is 13.8 Å². The summed E-state index contributed by atoms with van der Waals surface area (Å²) < 4.78 is 0. The summed E-state index contributed by atoms with van der Waals surface area (Å²) in [6, 6.07) is 0. The fourth-order valence-electron chi connectivity index (χ4n) is 0. The van der Waals surface area contributed by atoms with Gasteiger partial charge in [0.1, 0.15) is 0 Å². The molecule has 0 nitrogen and oxygen atoms in total. The summed E-state index contributed by atoms with van der Waals surface area (Å²) in [6.45, 7) is 3.88. The van der Waals surface area contributed by atoms with E-state index < -0.39 is 0 Å². The van der Waals surface area contributed by atoms with Crippen molar-refractivity contribution >= 4 is 25.3 Å². The molecule has 0 unspecified atom stereocenters. The van der Waals surface area contributed by atoms with Crippen LogP contribution < -0.4 is 59.1 Å². The Morgan fingerprint density at radius 3 is 0.875 bits per heavy atom. The molecule has 0 N–H and O–H groups in total. The zero-order valence-electron chi connectivity index (χ0n) is 6.23. The van der Waals surface area contributed by atoms with E-state index in [1.165, 1.54) is 0 Å². The van der Waals surface area contributed by atoms with Crippen molar-refractivity contribution < 1.29 is 59.1 Å². The van der Waals surface area contributed by atoms with Crippen LogP contribution in [0.15, 0.2) is 0 Å². The molecule has 0 aromatic heterocycles. The molecule has 40 valence electrons. The first-order chi connectivity index (χ1) is 2.83. The Kier molecular flexibility index (Phi) is 93.2. The Hall–Kier alpha value is 2.70. The molecule has 0 aromatic carbocycles. The summed E-state index contributed by atoms with van der Waals surface area (Å²) in [6.07, 6.45) is 0. The number of hydrogen-bond donors (Lipinski definition) is 0. The van der Waals surface area contributed by atoms with Gasteiger partial charge in [-0.3, -0.25) is 0 Å². The standard InChI is InChI=1S/2C2H6S.2Na/c2*1-2-3;;/h2*3H,2H2,1H3;;/q;;2*+1/p-2. The van der Waals surface area contributed by atoms with Crippen molar-refractivity contribution in [2.45, 2.75) is 13.8 Å². The van der Waals surface area contributed by atoms with Crippen molar-refractivity contribution in [1.82, 2.24) is 0 Å². The van der Waals surface area contributed by atoms with Crippen LogP contribution in [0.5, 0.6) is 0 Å². The maximum atomic E-state index is 4.39. The zero-order chi connectivity index (χ0) is 5.41. The molecule has 0 saturated heterocycles. The molecule has 8 heavy (non-hydrogen) atoms. The van der Waals surface area contributed by atoms with E-state index in [2.05, 4.69) is 25.3 Å². The van der Waals surface area contributed by atoms with Crippen molar-refractivity contribution in [3.8, 4) is 0 Å². The second kappa shape index (κ2) is 33.2. The van der Waals surface area contributed by atoms with Gasteiger partial charge in [0.15, 0.2) is 0 Å². The minimum atomic E-state index is 0. The number of hydrogen-bond acceptors (Lipinski definition) is 2. The van der Waals surface area contributed by atoms with Crippen LogP contribution in [-0.4, -0.2) is 11.5 Å². The predicted molar refractivity (Wildman–Crippen MR) is 35.8 cm³/mol. The molecule has 0 atom stereocenters. The van der Waals surface area contributed by atoms with Gasteiger partial charge in [0.25, 0.3) is 0 Å². The van der Waals surface area contributed by atoms with Gasteiger partial charge in [-0.25, -0.2) is 0 Å². The Labute approximate surface area is 108 Å². The van der Waals surface area contributed by atoms with Gasteiger partial charge in [0.2, 0.25) is 0 Å². The first kappa shape index (κ1) is 22.4. The maximum absolute atomic E-state index is 4.39. The third kappa shape index (κ3) is 70.8. The van der Waals surface area contributed by atoms with Crippen molar-refractivity contribution in [3.05, 3.63) is 0 Å². The SMILES string of the molecule is CC[S-].CC[S-].[Na+].[Na+]. The van der Waals surface area contributed by atoms with Gasteiger partial charge in [0.05, 0.1) is 0 Å². The summed E-state index contributed by atoms with van der Waals surface area (Å²) in [4.78, 5) is 0. The van der Waals surface area contributed by atoms with E-state index in [1.54, 1.807) is 0 Å². The Bertz CT molecular complexity index is 14.0. The third-order valence-electron chi connectivity index (χ3n) is 0. The molecule has 0 aliphatic carbocycles. The summed E-state index contributed by atoms with van der Waals surface area (Å²) in [7, 11) is 0. The average Bonchev–Trinajstić information content (AvgIpc) is 1.39. The molecular weight excluding hydrogens is 158 g/mol. The van der Waals surface area contributed by atoms with Gasteiger partial charge < -0.3 is 25.3 Å². The Morgan fingerprint density at radius 1 is 0.875 bits per heavy atom. The van der Waals surface area contributed by atoms with Crippen LogP contribution in [0, 0.1) is 0 Å². The van der Waals surface area contributed by atoms with Crippen LogP contribution >= 0.6 is 0 Å². The van der Waals surface area contributed by atoms with E-state index in [4.69, 9.17) is 0 Å². The molecular formula is C4H10Na2S2. The average molecular weight is 168 g/mol. The number of rotatable bonds is 0. The van der Waals surface area contributed by atoms with Crippen molar-refractivity contribution in [2.24, 2.45) is 0 Å². The summed E-state index contributed by atoms with van der Waals surface area (Å²) in [5.74, 6) is 1.67. The second-order valence-electron chi connectivity index (χ2n) is 0.577. The third-order valence-corrected chi connectivity index (χ3v) is 0. The van der Waals surface area contributed by atoms with Crippen LogP contribution in [0.2, 0.25) is 0 Å². The minimum Gasteiger partial charge on any atom is -0.793 e. The van der Waals surface area contributed by atoms with Crippen LogP contribution in [0.1, 0.15) is 13.8 Å². The molecule has 0 radical (unpaired) electrons. The smallest absolute Gasteiger partial charge is 0.793 e. The molecule has 0 saturated carbocycles. The van der Waals surface area contributed by atoms with Crippen molar-refractivity contribution in [1.29, 1.82) is 0 Å². The molecule has 0 aromatic rings. The quantitative estimate of drug-likeness (QED) is 0.263. The molecule has 0 spiro atoms. The minimum absolute atomic E-state index is 0. The largest absolute Gasteiger partial charge is 1.00 e. The fourth-order valence-corrected chi connectivity index (χ4v) is 0. The van der Waals surface area contributed by atoms with E-state index in [9.17, 15) is 0 Å². The molecule has 0 bridgehead atoms. The van der Waals surface area contributed by atoms with E-state index in [-0.39, 0.29) is 59.1 Å². The zero-order valence-corrected chi connectivity index (χ0v) is 11.9. The van der Waals surface area contributed by atoms with Crippen LogP contribution in [0.3, 0.4) is 0 Å². The summed E-state index contributed by atoms with van der Waals surface area (Å²) in [5.41, 5.74) is 0. The molecule has 0 rings (SSSR count). The predicted octanol–water partition coefficient (Wildman–Crippen LogP) is -4.89. The molecule has 0 heterocycles. The van der Waals surface area contributed by atoms with E-state index in [0.29, 0.717) is 0 Å². The first-order valence-corrected chi connectivity index (χ1v) is 3.15. The fraction of sp³-hybridized carbons (Fsp3) is 1.00. The summed E-state index contributed by atoms with van der Waals surface area (Å²) >= 11 is 8.79. The van der Waals surface area contributed by atoms with Gasteiger partial charge in [-0.2, -0.15) is 11.5 Å². The van der Waals surface area contributed by atoms with Gasteiger partial charge >= 0.3 is 59.1 Å². The molecule has 0 aliphatic heterocycles. The normalized spacial score (nSPS) is 4.50. The van der Waals surface area contributed by atoms with Gasteiger partial charge in [-0.05, 0) is 0 Å². The molecule has 0 aliphatic rings. The first-order valence-electron chi connectivity index (χ1n) is 1.99. The molecule has 4 heteroatoms. The second-order valence-corrected chi connectivity index (χ2v) is 1.73. The Balaban J connectivity index is -0.0000000160. The Morgan fingerprint density at radius 2 is 0.875 bits per heavy atom. The van der Waals surface area contributed by atoms with Crippen molar-refractivity contribution in [2.75, 3.05) is 11.5 Å². The maximum Gasteiger partial charge on any atom is 1.00 e. The van der Waals surface area contributed by atoms with E-state index >= 15 is 0 Å². The topological polar surface area (TPSA) is 0 Å². The van der Waals surface area contributed by atoms with Crippen molar-refractivity contribution in [3.63, 3.8) is 0 Å².